The molecule has 2 N–H and O–H groups in total. The average Bonchev–Trinajstić information content (AvgIpc) is 2.59. The second-order valence-electron chi connectivity index (χ2n) is 4.23. The molecule has 1 aromatic heterocycles. The van der Waals surface area contributed by atoms with Gasteiger partial charge in [-0.1, -0.05) is 12.1 Å². The van der Waals surface area contributed by atoms with E-state index < -0.39 is 16.0 Å². The highest BCUT2D eigenvalue weighted by atomic mass is 32.2. The minimum absolute atomic E-state index is 0.0520. The second kappa shape index (κ2) is 7.47. The molecule has 0 fully saturated rings. The first-order valence-electron chi connectivity index (χ1n) is 6.42. The quantitative estimate of drug-likeness (QED) is 0.460. The van der Waals surface area contributed by atoms with Crippen LogP contribution in [0.2, 0.25) is 0 Å². The summed E-state index contributed by atoms with van der Waals surface area (Å²) < 4.78 is 28.7. The van der Waals surface area contributed by atoms with Crippen molar-refractivity contribution < 1.29 is 17.9 Å². The fourth-order valence-corrected chi connectivity index (χ4v) is 2.36. The molecular weight excluding hydrogens is 320 g/mol. The number of hydrogen-bond donors (Lipinski definition) is 2. The maximum absolute atomic E-state index is 12.1. The molecule has 9 heteroatoms. The summed E-state index contributed by atoms with van der Waals surface area (Å²) in [6, 6.07) is 7.56. The average molecular weight is 334 g/mol. The number of nitrogens with one attached hydrogen (secondary N) is 2. The largest absolute Gasteiger partial charge is 0.466 e. The predicted octanol–water partition coefficient (Wildman–Crippen LogP) is 0.968. The van der Waals surface area contributed by atoms with Crippen LogP contribution in [0.5, 0.6) is 0 Å². The van der Waals surface area contributed by atoms with Gasteiger partial charge in [-0.15, -0.1) is 4.83 Å². The van der Waals surface area contributed by atoms with E-state index in [2.05, 4.69) is 25.0 Å². The number of rotatable bonds is 6. The van der Waals surface area contributed by atoms with Crippen LogP contribution in [0.3, 0.4) is 0 Å². The minimum atomic E-state index is -3.77. The van der Waals surface area contributed by atoms with Crippen molar-refractivity contribution in [3.05, 3.63) is 54.4 Å². The monoisotopic (exact) mass is 334 g/mol. The first-order chi connectivity index (χ1) is 11.0. The van der Waals surface area contributed by atoms with Crippen LogP contribution in [-0.2, 0) is 19.6 Å². The Balaban J connectivity index is 2.05. The van der Waals surface area contributed by atoms with Crippen molar-refractivity contribution in [2.75, 3.05) is 12.5 Å². The zero-order chi connectivity index (χ0) is 16.7. The predicted molar refractivity (Wildman–Crippen MR) is 83.5 cm³/mol. The molecule has 0 saturated carbocycles. The Morgan fingerprint density at radius 3 is 2.43 bits per heavy atom. The van der Waals surface area contributed by atoms with E-state index in [1.165, 1.54) is 43.8 Å². The molecule has 0 spiro atoms. The van der Waals surface area contributed by atoms with Gasteiger partial charge in [-0.25, -0.2) is 23.2 Å². The first kappa shape index (κ1) is 16.6. The number of esters is 1. The third-order valence-electron chi connectivity index (χ3n) is 2.67. The van der Waals surface area contributed by atoms with Crippen LogP contribution in [0, 0.1) is 0 Å². The molecule has 2 rings (SSSR count). The molecule has 0 aliphatic rings. The number of methoxy groups -OCH3 is 1. The Labute approximate surface area is 133 Å². The summed E-state index contributed by atoms with van der Waals surface area (Å²) in [7, 11) is -2.49. The number of nitrogens with zero attached hydrogens (tertiary/aromatic N) is 2. The fourth-order valence-electron chi connectivity index (χ4n) is 1.53. The van der Waals surface area contributed by atoms with E-state index in [0.717, 1.165) is 0 Å². The van der Waals surface area contributed by atoms with Crippen molar-refractivity contribution in [3.8, 4) is 0 Å². The third kappa shape index (κ3) is 4.87. The molecule has 0 aliphatic heterocycles. The molecule has 0 amide bonds. The van der Waals surface area contributed by atoms with Gasteiger partial charge >= 0.3 is 5.97 Å². The number of carbonyl (C=O) groups is 1. The highest BCUT2D eigenvalue weighted by Gasteiger charge is 2.13. The Kier molecular flexibility index (Phi) is 5.39. The highest BCUT2D eigenvalue weighted by Crippen LogP contribution is 2.11. The summed E-state index contributed by atoms with van der Waals surface area (Å²) in [5, 5.41) is 0. The van der Waals surface area contributed by atoms with Gasteiger partial charge in [-0.3, -0.25) is 5.43 Å². The van der Waals surface area contributed by atoms with E-state index in [1.54, 1.807) is 18.2 Å². The summed E-state index contributed by atoms with van der Waals surface area (Å²) >= 11 is 0. The van der Waals surface area contributed by atoms with Gasteiger partial charge in [-0.2, -0.15) is 0 Å². The number of hydrogen-bond acceptors (Lipinski definition) is 7. The van der Waals surface area contributed by atoms with Crippen molar-refractivity contribution in [2.24, 2.45) is 0 Å². The van der Waals surface area contributed by atoms with E-state index >= 15 is 0 Å². The lowest BCUT2D eigenvalue weighted by Gasteiger charge is -2.08. The van der Waals surface area contributed by atoms with E-state index in [0.29, 0.717) is 5.56 Å². The molecule has 0 atom stereocenters. The second-order valence-corrected chi connectivity index (χ2v) is 5.91. The Hall–Kier alpha value is -2.78. The van der Waals surface area contributed by atoms with Gasteiger partial charge < -0.3 is 4.74 Å². The smallest absolute Gasteiger partial charge is 0.330 e. The Morgan fingerprint density at radius 2 is 1.83 bits per heavy atom. The standard InChI is InChI=1S/C14H14N4O4S/c1-22-13(19)8-5-11-3-6-12(7-4-11)23(20,21)18-17-14-15-9-2-10-16-14/h2-10,18H,1H3,(H,15,16,17)/b8-5+. The SMILES string of the molecule is COC(=O)/C=C/c1ccc(S(=O)(=O)NNc2ncccn2)cc1. The van der Waals surface area contributed by atoms with Gasteiger partial charge in [0.15, 0.2) is 0 Å². The number of ether oxygens (including phenoxy) is 1. The summed E-state index contributed by atoms with van der Waals surface area (Å²) in [4.78, 5) is 20.9. The van der Waals surface area contributed by atoms with E-state index in [-0.39, 0.29) is 10.8 Å². The Morgan fingerprint density at radius 1 is 1.17 bits per heavy atom. The van der Waals surface area contributed by atoms with Gasteiger partial charge in [0.25, 0.3) is 10.0 Å². The zero-order valence-corrected chi connectivity index (χ0v) is 12.9. The Bertz CT molecular complexity index is 789. The molecule has 120 valence electrons. The van der Waals surface area contributed by atoms with Crippen LogP contribution >= 0.6 is 0 Å². The number of hydrazine groups is 1. The fraction of sp³-hybridized carbons (Fsp3) is 0.0714. The van der Waals surface area contributed by atoms with Crippen molar-refractivity contribution in [1.29, 1.82) is 0 Å². The number of carbonyl (C=O) groups excluding carboxylic acids is 1. The van der Waals surface area contributed by atoms with Crippen LogP contribution < -0.4 is 10.3 Å². The summed E-state index contributed by atoms with van der Waals surface area (Å²) in [5.74, 6) is -0.357. The van der Waals surface area contributed by atoms with Gasteiger partial charge in [0.05, 0.1) is 12.0 Å². The maximum Gasteiger partial charge on any atom is 0.330 e. The number of aromatic nitrogens is 2. The van der Waals surface area contributed by atoms with Crippen molar-refractivity contribution in [2.45, 2.75) is 4.90 Å². The van der Waals surface area contributed by atoms with Gasteiger partial charge in [-0.05, 0) is 29.8 Å². The third-order valence-corrected chi connectivity index (χ3v) is 3.93. The van der Waals surface area contributed by atoms with E-state index in [9.17, 15) is 13.2 Å². The molecule has 1 aromatic carbocycles. The molecule has 0 bridgehead atoms. The number of sulfonamides is 1. The van der Waals surface area contributed by atoms with Crippen LogP contribution in [-0.4, -0.2) is 31.5 Å². The zero-order valence-electron chi connectivity index (χ0n) is 12.1. The molecule has 0 radical (unpaired) electrons. The maximum atomic E-state index is 12.1. The van der Waals surface area contributed by atoms with Gasteiger partial charge in [0.2, 0.25) is 5.95 Å². The molecule has 23 heavy (non-hydrogen) atoms. The lowest BCUT2D eigenvalue weighted by Crippen LogP contribution is -2.30. The van der Waals surface area contributed by atoms with Crippen LogP contribution in [0.1, 0.15) is 5.56 Å². The molecule has 0 saturated heterocycles. The van der Waals surface area contributed by atoms with Crippen LogP contribution in [0.25, 0.3) is 6.08 Å². The van der Waals surface area contributed by atoms with Crippen LogP contribution in [0.15, 0.2) is 53.7 Å². The summed E-state index contributed by atoms with van der Waals surface area (Å²) in [6.07, 6.45) is 5.72. The van der Waals surface area contributed by atoms with Crippen molar-refractivity contribution in [1.82, 2.24) is 14.8 Å². The minimum Gasteiger partial charge on any atom is -0.466 e. The molecule has 0 aliphatic carbocycles. The topological polar surface area (TPSA) is 110 Å². The number of benzene rings is 1. The summed E-state index contributed by atoms with van der Waals surface area (Å²) in [5.41, 5.74) is 3.07. The van der Waals surface area contributed by atoms with Crippen molar-refractivity contribution in [3.63, 3.8) is 0 Å². The molecule has 0 unspecified atom stereocenters. The lowest BCUT2D eigenvalue weighted by atomic mass is 10.2. The van der Waals surface area contributed by atoms with E-state index in [1.807, 2.05) is 0 Å². The van der Waals surface area contributed by atoms with Gasteiger partial charge in [0.1, 0.15) is 0 Å². The van der Waals surface area contributed by atoms with Gasteiger partial charge in [0, 0.05) is 18.5 Å². The van der Waals surface area contributed by atoms with Crippen LogP contribution in [0.4, 0.5) is 5.95 Å². The molecule has 1 heterocycles. The molecule has 2 aromatic rings. The first-order valence-corrected chi connectivity index (χ1v) is 7.90. The summed E-state index contributed by atoms with van der Waals surface area (Å²) in [6.45, 7) is 0. The normalized spacial score (nSPS) is 11.3. The number of anilines is 1. The highest BCUT2D eigenvalue weighted by molar-refractivity contribution is 7.89. The lowest BCUT2D eigenvalue weighted by molar-refractivity contribution is -0.134. The van der Waals surface area contributed by atoms with E-state index in [4.69, 9.17) is 0 Å². The molecular formula is C14H14N4O4S. The van der Waals surface area contributed by atoms with Crippen molar-refractivity contribution >= 4 is 28.0 Å². The molecule has 8 nitrogen and oxygen atoms in total.